The summed E-state index contributed by atoms with van der Waals surface area (Å²) >= 11 is 0. The second-order valence-electron chi connectivity index (χ2n) is 3.35. The van der Waals surface area contributed by atoms with E-state index in [-0.39, 0.29) is 5.91 Å². The van der Waals surface area contributed by atoms with Gasteiger partial charge in [-0.15, -0.1) is 0 Å². The van der Waals surface area contributed by atoms with Gasteiger partial charge in [-0.1, -0.05) is 23.8 Å². The molecule has 0 aliphatic heterocycles. The van der Waals surface area contributed by atoms with Gasteiger partial charge in [0.25, 0.3) is 5.91 Å². The standard InChI is InChI=1S/C10H15N3O/c1-6-3-4-8(7(2)5-6)9(11)10(14)13-12/h3-5,9H,11-12H2,1-2H3,(H,13,14). The van der Waals surface area contributed by atoms with E-state index in [0.29, 0.717) is 0 Å². The molecule has 1 atom stereocenters. The Morgan fingerprint density at radius 1 is 1.43 bits per heavy atom. The first kappa shape index (κ1) is 10.7. The van der Waals surface area contributed by atoms with Gasteiger partial charge in [0, 0.05) is 0 Å². The predicted molar refractivity (Wildman–Crippen MR) is 55.2 cm³/mol. The van der Waals surface area contributed by atoms with Crippen molar-refractivity contribution in [2.75, 3.05) is 0 Å². The van der Waals surface area contributed by atoms with E-state index in [0.717, 1.165) is 16.7 Å². The fourth-order valence-corrected chi connectivity index (χ4v) is 1.41. The number of carbonyl (C=O) groups excluding carboxylic acids is 1. The van der Waals surface area contributed by atoms with Crippen LogP contribution in [0, 0.1) is 13.8 Å². The molecule has 4 heteroatoms. The van der Waals surface area contributed by atoms with Gasteiger partial charge in [-0.2, -0.15) is 0 Å². The van der Waals surface area contributed by atoms with Gasteiger partial charge < -0.3 is 5.73 Å². The molecule has 0 saturated heterocycles. The number of carbonyl (C=O) groups is 1. The molecule has 4 nitrogen and oxygen atoms in total. The second kappa shape index (κ2) is 4.21. The van der Waals surface area contributed by atoms with E-state index < -0.39 is 6.04 Å². The minimum Gasteiger partial charge on any atom is -0.316 e. The van der Waals surface area contributed by atoms with Crippen molar-refractivity contribution in [3.63, 3.8) is 0 Å². The lowest BCUT2D eigenvalue weighted by atomic mass is 9.99. The zero-order chi connectivity index (χ0) is 10.7. The Bertz CT molecular complexity index is 349. The second-order valence-corrected chi connectivity index (χ2v) is 3.35. The van der Waals surface area contributed by atoms with Crippen molar-refractivity contribution in [2.24, 2.45) is 11.6 Å². The van der Waals surface area contributed by atoms with Gasteiger partial charge in [0.1, 0.15) is 6.04 Å². The molecule has 1 unspecified atom stereocenters. The van der Waals surface area contributed by atoms with Crippen LogP contribution in [0.1, 0.15) is 22.7 Å². The number of aryl methyl sites for hydroxylation is 2. The SMILES string of the molecule is Cc1ccc(C(N)C(=O)NN)c(C)c1. The van der Waals surface area contributed by atoms with Crippen LogP contribution < -0.4 is 17.0 Å². The summed E-state index contributed by atoms with van der Waals surface area (Å²) in [4.78, 5) is 11.2. The highest BCUT2D eigenvalue weighted by Crippen LogP contribution is 2.16. The van der Waals surface area contributed by atoms with Crippen molar-refractivity contribution in [1.82, 2.24) is 5.43 Å². The van der Waals surface area contributed by atoms with Gasteiger partial charge in [-0.3, -0.25) is 10.2 Å². The molecule has 0 saturated carbocycles. The third-order valence-electron chi connectivity index (χ3n) is 2.19. The number of nitrogens with two attached hydrogens (primary N) is 2. The van der Waals surface area contributed by atoms with E-state index in [9.17, 15) is 4.79 Å². The monoisotopic (exact) mass is 193 g/mol. The van der Waals surface area contributed by atoms with E-state index in [1.165, 1.54) is 0 Å². The number of hydrazine groups is 1. The first-order valence-electron chi connectivity index (χ1n) is 4.39. The van der Waals surface area contributed by atoms with Gasteiger partial charge in [0.05, 0.1) is 0 Å². The van der Waals surface area contributed by atoms with E-state index in [1.54, 1.807) is 0 Å². The Balaban J connectivity index is 3.01. The van der Waals surface area contributed by atoms with Gasteiger partial charge in [-0.05, 0) is 25.0 Å². The van der Waals surface area contributed by atoms with Crippen LogP contribution in [0.5, 0.6) is 0 Å². The molecule has 76 valence electrons. The number of amides is 1. The fraction of sp³-hybridized carbons (Fsp3) is 0.300. The average molecular weight is 193 g/mol. The summed E-state index contributed by atoms with van der Waals surface area (Å²) in [5.41, 5.74) is 10.7. The molecular weight excluding hydrogens is 178 g/mol. The lowest BCUT2D eigenvalue weighted by Crippen LogP contribution is -2.38. The first-order chi connectivity index (χ1) is 6.56. The Morgan fingerprint density at radius 3 is 2.57 bits per heavy atom. The van der Waals surface area contributed by atoms with Crippen molar-refractivity contribution in [1.29, 1.82) is 0 Å². The average Bonchev–Trinajstić information content (AvgIpc) is 2.15. The fourth-order valence-electron chi connectivity index (χ4n) is 1.41. The Kier molecular flexibility index (Phi) is 3.22. The van der Waals surface area contributed by atoms with Crippen LogP contribution in [-0.2, 0) is 4.79 Å². The van der Waals surface area contributed by atoms with Crippen molar-refractivity contribution < 1.29 is 4.79 Å². The van der Waals surface area contributed by atoms with Crippen molar-refractivity contribution >= 4 is 5.91 Å². The molecule has 0 spiro atoms. The summed E-state index contributed by atoms with van der Waals surface area (Å²) in [5.74, 6) is 4.63. The van der Waals surface area contributed by atoms with Crippen molar-refractivity contribution in [3.05, 3.63) is 34.9 Å². The van der Waals surface area contributed by atoms with Gasteiger partial charge in [-0.25, -0.2) is 5.84 Å². The van der Waals surface area contributed by atoms with Crippen LogP contribution in [0.25, 0.3) is 0 Å². The van der Waals surface area contributed by atoms with Crippen LogP contribution in [0.15, 0.2) is 18.2 Å². The zero-order valence-electron chi connectivity index (χ0n) is 8.37. The van der Waals surface area contributed by atoms with Crippen molar-refractivity contribution in [3.8, 4) is 0 Å². The topological polar surface area (TPSA) is 81.1 Å². The van der Waals surface area contributed by atoms with Crippen molar-refractivity contribution in [2.45, 2.75) is 19.9 Å². The normalized spacial score (nSPS) is 12.3. The first-order valence-corrected chi connectivity index (χ1v) is 4.39. The van der Waals surface area contributed by atoms with E-state index in [2.05, 4.69) is 0 Å². The van der Waals surface area contributed by atoms with E-state index in [1.807, 2.05) is 37.5 Å². The highest BCUT2D eigenvalue weighted by Gasteiger charge is 2.15. The molecule has 14 heavy (non-hydrogen) atoms. The number of benzene rings is 1. The maximum absolute atomic E-state index is 11.2. The molecule has 1 aromatic carbocycles. The van der Waals surface area contributed by atoms with E-state index in [4.69, 9.17) is 11.6 Å². The molecule has 0 aliphatic rings. The molecule has 0 aliphatic carbocycles. The maximum atomic E-state index is 11.2. The zero-order valence-corrected chi connectivity index (χ0v) is 8.37. The van der Waals surface area contributed by atoms with Gasteiger partial charge >= 0.3 is 0 Å². The molecule has 0 fully saturated rings. The molecule has 0 radical (unpaired) electrons. The molecule has 1 rings (SSSR count). The smallest absolute Gasteiger partial charge is 0.255 e. The maximum Gasteiger partial charge on any atom is 0.255 e. The Hall–Kier alpha value is -1.39. The minimum absolute atomic E-state index is 0.378. The number of hydrogen-bond donors (Lipinski definition) is 3. The lowest BCUT2D eigenvalue weighted by molar-refractivity contribution is -0.122. The largest absolute Gasteiger partial charge is 0.316 e. The summed E-state index contributed by atoms with van der Waals surface area (Å²) in [5, 5.41) is 0. The Labute approximate surface area is 83.3 Å². The molecule has 0 bridgehead atoms. The highest BCUT2D eigenvalue weighted by atomic mass is 16.2. The summed E-state index contributed by atoms with van der Waals surface area (Å²) in [6.45, 7) is 3.91. The number of hydrogen-bond acceptors (Lipinski definition) is 3. The third-order valence-corrected chi connectivity index (χ3v) is 2.19. The number of rotatable bonds is 2. The molecule has 0 heterocycles. The summed E-state index contributed by atoms with van der Waals surface area (Å²) in [6.07, 6.45) is 0. The third kappa shape index (κ3) is 2.10. The van der Waals surface area contributed by atoms with Crippen LogP contribution in [0.4, 0.5) is 0 Å². The molecule has 1 aromatic rings. The molecular formula is C10H15N3O. The van der Waals surface area contributed by atoms with Gasteiger partial charge in [0.15, 0.2) is 0 Å². The van der Waals surface area contributed by atoms with Crippen LogP contribution in [0.3, 0.4) is 0 Å². The van der Waals surface area contributed by atoms with Gasteiger partial charge in [0.2, 0.25) is 0 Å². The summed E-state index contributed by atoms with van der Waals surface area (Å²) in [7, 11) is 0. The summed E-state index contributed by atoms with van der Waals surface area (Å²) in [6, 6.07) is 5.07. The van der Waals surface area contributed by atoms with Crippen LogP contribution >= 0.6 is 0 Å². The molecule has 5 N–H and O–H groups in total. The highest BCUT2D eigenvalue weighted by molar-refractivity contribution is 5.82. The lowest BCUT2D eigenvalue weighted by Gasteiger charge is -2.13. The van der Waals surface area contributed by atoms with Crippen LogP contribution in [0.2, 0.25) is 0 Å². The quantitative estimate of drug-likeness (QED) is 0.359. The summed E-state index contributed by atoms with van der Waals surface area (Å²) < 4.78 is 0. The van der Waals surface area contributed by atoms with E-state index >= 15 is 0 Å². The number of nitrogens with one attached hydrogen (secondary N) is 1. The minimum atomic E-state index is -0.694. The Morgan fingerprint density at radius 2 is 2.07 bits per heavy atom. The molecule has 0 aromatic heterocycles. The molecule has 1 amide bonds. The predicted octanol–water partition coefficient (Wildman–Crippen LogP) is 0.293. The van der Waals surface area contributed by atoms with Crippen LogP contribution in [-0.4, -0.2) is 5.91 Å².